The fourth-order valence-electron chi connectivity index (χ4n) is 2.86. The van der Waals surface area contributed by atoms with E-state index in [2.05, 4.69) is 42.6 Å². The van der Waals surface area contributed by atoms with E-state index in [1.165, 1.54) is 11.5 Å². The number of aromatic nitrogens is 2. The first-order valence-corrected chi connectivity index (χ1v) is 8.52. The highest BCUT2D eigenvalue weighted by Crippen LogP contribution is 2.35. The number of carbonyl (C=O) groups is 1. The van der Waals surface area contributed by atoms with Crippen molar-refractivity contribution in [2.24, 2.45) is 11.3 Å². The summed E-state index contributed by atoms with van der Waals surface area (Å²) in [7, 11) is 0. The van der Waals surface area contributed by atoms with Crippen molar-refractivity contribution in [3.8, 4) is 0 Å². The number of anilines is 1. The Morgan fingerprint density at radius 3 is 2.81 bits per heavy atom. The summed E-state index contributed by atoms with van der Waals surface area (Å²) in [5.41, 5.74) is 1.16. The highest BCUT2D eigenvalue weighted by atomic mass is 32.1. The van der Waals surface area contributed by atoms with Gasteiger partial charge in [0.15, 0.2) is 0 Å². The lowest BCUT2D eigenvalue weighted by atomic mass is 9.77. The van der Waals surface area contributed by atoms with Crippen molar-refractivity contribution in [2.75, 3.05) is 18.4 Å². The second-order valence-electron chi connectivity index (χ2n) is 6.78. The van der Waals surface area contributed by atoms with Gasteiger partial charge in [-0.1, -0.05) is 25.3 Å². The normalized spacial score (nSPS) is 20.5. The smallest absolute Gasteiger partial charge is 0.222 e. The number of amides is 1. The molecule has 1 N–H and O–H groups in total. The van der Waals surface area contributed by atoms with E-state index in [1.54, 1.807) is 0 Å². The molecule has 0 saturated carbocycles. The third kappa shape index (κ3) is 4.15. The third-order valence-electron chi connectivity index (χ3n) is 4.27. The van der Waals surface area contributed by atoms with Crippen LogP contribution in [0, 0.1) is 11.3 Å². The minimum absolute atomic E-state index is 0.247. The molecule has 1 aromatic heterocycles. The second-order valence-corrected chi connectivity index (χ2v) is 7.54. The van der Waals surface area contributed by atoms with Crippen LogP contribution >= 0.6 is 11.5 Å². The molecule has 1 atom stereocenters. The van der Waals surface area contributed by atoms with Crippen molar-refractivity contribution >= 4 is 22.4 Å². The molecule has 6 heteroatoms. The quantitative estimate of drug-likeness (QED) is 0.928. The summed E-state index contributed by atoms with van der Waals surface area (Å²) in [4.78, 5) is 14.3. The molecule has 1 saturated heterocycles. The van der Waals surface area contributed by atoms with Gasteiger partial charge in [0.25, 0.3) is 0 Å². The van der Waals surface area contributed by atoms with E-state index >= 15 is 0 Å². The molecule has 2 heterocycles. The van der Waals surface area contributed by atoms with E-state index in [0.29, 0.717) is 18.9 Å². The number of nitrogens with zero attached hydrogens (tertiary/aromatic N) is 3. The van der Waals surface area contributed by atoms with Gasteiger partial charge in [-0.2, -0.15) is 0 Å². The van der Waals surface area contributed by atoms with Gasteiger partial charge < -0.3 is 10.2 Å². The van der Waals surface area contributed by atoms with E-state index in [9.17, 15) is 4.79 Å². The van der Waals surface area contributed by atoms with Gasteiger partial charge in [-0.15, -0.1) is 5.10 Å². The minimum atomic E-state index is 0.247. The second kappa shape index (κ2) is 6.73. The minimum Gasteiger partial charge on any atom is -0.374 e. The van der Waals surface area contributed by atoms with Crippen LogP contribution in [0.4, 0.5) is 5.00 Å². The third-order valence-corrected chi connectivity index (χ3v) is 4.99. The molecule has 2 rings (SSSR count). The van der Waals surface area contributed by atoms with Crippen molar-refractivity contribution < 1.29 is 4.79 Å². The van der Waals surface area contributed by atoms with Crippen LogP contribution in [0.15, 0.2) is 0 Å². The van der Waals surface area contributed by atoms with Gasteiger partial charge in [0.1, 0.15) is 10.7 Å². The number of nitrogens with one attached hydrogen (secondary N) is 1. The average Bonchev–Trinajstić information content (AvgIpc) is 2.73. The molecule has 1 fully saturated rings. The van der Waals surface area contributed by atoms with E-state index in [-0.39, 0.29) is 11.3 Å². The maximum atomic E-state index is 12.3. The molecule has 0 radical (unpaired) electrons. The maximum Gasteiger partial charge on any atom is 0.222 e. The zero-order chi connectivity index (χ0) is 15.5. The maximum absolute atomic E-state index is 12.3. The van der Waals surface area contributed by atoms with Crippen molar-refractivity contribution in [3.63, 3.8) is 0 Å². The van der Waals surface area contributed by atoms with Crippen LogP contribution in [0.5, 0.6) is 0 Å². The van der Waals surface area contributed by atoms with Gasteiger partial charge in [0.2, 0.25) is 5.91 Å². The molecule has 5 nitrogen and oxygen atoms in total. The van der Waals surface area contributed by atoms with Crippen LogP contribution in [0.3, 0.4) is 0 Å². The Balaban J connectivity index is 2.03. The average molecular weight is 310 g/mol. The molecular weight excluding hydrogens is 284 g/mol. The predicted molar refractivity (Wildman–Crippen MR) is 86.3 cm³/mol. The molecular formula is C15H26N4OS. The molecule has 0 aliphatic carbocycles. The number of rotatable bonds is 4. The molecule has 0 aromatic carbocycles. The van der Waals surface area contributed by atoms with Gasteiger partial charge in [0.05, 0.1) is 6.54 Å². The summed E-state index contributed by atoms with van der Waals surface area (Å²) >= 11 is 1.36. The lowest BCUT2D eigenvalue weighted by Gasteiger charge is -2.29. The standard InChI is InChI=1S/C15H26N4OS/c1-5-16-14-12(17-18-21-14)10-19-9-8-11(15(2,3)4)6-7-13(19)20/h11,16H,5-10H2,1-4H3. The van der Waals surface area contributed by atoms with E-state index < -0.39 is 0 Å². The first kappa shape index (κ1) is 16.2. The number of carbonyl (C=O) groups excluding carboxylic acids is 1. The SMILES string of the molecule is CCNc1snnc1CN1CCC(C(C)(C)C)CCC1=O. The zero-order valence-corrected chi connectivity index (χ0v) is 14.3. The van der Waals surface area contributed by atoms with Crippen molar-refractivity contribution in [1.29, 1.82) is 0 Å². The summed E-state index contributed by atoms with van der Waals surface area (Å²) in [6.07, 6.45) is 2.72. The highest BCUT2D eigenvalue weighted by molar-refractivity contribution is 7.10. The Kier molecular flexibility index (Phi) is 5.19. The van der Waals surface area contributed by atoms with Gasteiger partial charge >= 0.3 is 0 Å². The molecule has 118 valence electrons. The van der Waals surface area contributed by atoms with Crippen LogP contribution in [-0.4, -0.2) is 33.5 Å². The summed E-state index contributed by atoms with van der Waals surface area (Å²) in [5.74, 6) is 0.852. The fourth-order valence-corrected chi connectivity index (χ4v) is 3.50. The molecule has 0 spiro atoms. The van der Waals surface area contributed by atoms with Crippen molar-refractivity contribution in [1.82, 2.24) is 14.5 Å². The summed E-state index contributed by atoms with van der Waals surface area (Å²) < 4.78 is 4.00. The monoisotopic (exact) mass is 310 g/mol. The van der Waals surface area contributed by atoms with Crippen molar-refractivity contribution in [3.05, 3.63) is 5.69 Å². The van der Waals surface area contributed by atoms with Crippen LogP contribution in [0.1, 0.15) is 52.7 Å². The lowest BCUT2D eigenvalue weighted by molar-refractivity contribution is -0.131. The first-order chi connectivity index (χ1) is 9.91. The Hall–Kier alpha value is -1.17. The van der Waals surface area contributed by atoms with Crippen LogP contribution in [-0.2, 0) is 11.3 Å². The number of hydrogen-bond donors (Lipinski definition) is 1. The zero-order valence-electron chi connectivity index (χ0n) is 13.5. The van der Waals surface area contributed by atoms with E-state index in [4.69, 9.17) is 0 Å². The molecule has 21 heavy (non-hydrogen) atoms. The molecule has 1 aliphatic heterocycles. The van der Waals surface area contributed by atoms with Crippen LogP contribution in [0.25, 0.3) is 0 Å². The van der Waals surface area contributed by atoms with Gasteiger partial charge in [-0.25, -0.2) is 0 Å². The summed E-state index contributed by atoms with van der Waals surface area (Å²) in [6.45, 7) is 11.1. The number of likely N-dealkylation sites (tertiary alicyclic amines) is 1. The lowest BCUT2D eigenvalue weighted by Crippen LogP contribution is -2.30. The number of hydrogen-bond acceptors (Lipinski definition) is 5. The fraction of sp³-hybridized carbons (Fsp3) is 0.800. The Morgan fingerprint density at radius 1 is 1.38 bits per heavy atom. The van der Waals surface area contributed by atoms with Gasteiger partial charge in [-0.3, -0.25) is 4.79 Å². The Labute approximate surface area is 131 Å². The van der Waals surface area contributed by atoms with E-state index in [1.807, 2.05) is 4.90 Å². The molecule has 0 bridgehead atoms. The van der Waals surface area contributed by atoms with Crippen LogP contribution in [0.2, 0.25) is 0 Å². The van der Waals surface area contributed by atoms with E-state index in [0.717, 1.165) is 36.6 Å². The summed E-state index contributed by atoms with van der Waals surface area (Å²) in [5, 5.41) is 8.43. The highest BCUT2D eigenvalue weighted by Gasteiger charge is 2.30. The first-order valence-electron chi connectivity index (χ1n) is 7.74. The molecule has 1 amide bonds. The van der Waals surface area contributed by atoms with Gasteiger partial charge in [-0.05, 0) is 31.1 Å². The predicted octanol–water partition coefficient (Wildman–Crippen LogP) is 3.14. The Bertz CT molecular complexity index is 480. The van der Waals surface area contributed by atoms with Crippen molar-refractivity contribution in [2.45, 2.75) is 53.5 Å². The van der Waals surface area contributed by atoms with Gasteiger partial charge in [0, 0.05) is 31.0 Å². The Morgan fingerprint density at radius 2 is 2.14 bits per heavy atom. The summed E-state index contributed by atoms with van der Waals surface area (Å²) in [6, 6.07) is 0. The molecule has 1 unspecified atom stereocenters. The topological polar surface area (TPSA) is 58.1 Å². The molecule has 1 aromatic rings. The van der Waals surface area contributed by atoms with Crippen LogP contribution < -0.4 is 5.32 Å². The largest absolute Gasteiger partial charge is 0.374 e. The molecule has 1 aliphatic rings.